The predicted octanol–water partition coefficient (Wildman–Crippen LogP) is 4.25. The lowest BCUT2D eigenvalue weighted by atomic mass is 9.62. The summed E-state index contributed by atoms with van der Waals surface area (Å²) < 4.78 is 14.4. The van der Waals surface area contributed by atoms with Crippen LogP contribution in [0.1, 0.15) is 53.3 Å². The molecule has 1 aliphatic carbocycles. The van der Waals surface area contributed by atoms with Crippen molar-refractivity contribution in [2.75, 3.05) is 6.61 Å². The fourth-order valence-electron chi connectivity index (χ4n) is 4.92. The van der Waals surface area contributed by atoms with E-state index in [0.717, 1.165) is 12.0 Å². The molecule has 4 heterocycles. The lowest BCUT2D eigenvalue weighted by molar-refractivity contribution is -0.736. The van der Waals surface area contributed by atoms with Gasteiger partial charge in [-0.05, 0) is 31.5 Å². The first-order valence-electron chi connectivity index (χ1n) is 9.02. The van der Waals surface area contributed by atoms with Crippen LogP contribution in [0.25, 0.3) is 0 Å². The molecule has 3 aromatic rings. The van der Waals surface area contributed by atoms with Crippen LogP contribution in [-0.4, -0.2) is 6.61 Å². The first-order chi connectivity index (χ1) is 12.2. The first kappa shape index (κ1) is 14.9. The minimum atomic E-state index is -0.365. The maximum atomic E-state index is 6.52. The third kappa shape index (κ3) is 1.93. The number of nitrogens with zero attached hydrogens (tertiary/aromatic N) is 1. The minimum absolute atomic E-state index is 0.173. The Hall–Kier alpha value is -2.39. The van der Waals surface area contributed by atoms with Crippen molar-refractivity contribution in [2.45, 2.75) is 37.8 Å². The lowest BCUT2D eigenvalue weighted by Gasteiger charge is -2.48. The van der Waals surface area contributed by atoms with Crippen molar-refractivity contribution in [2.24, 2.45) is 0 Å². The molecule has 126 valence electrons. The number of hydrogen-bond donors (Lipinski definition) is 0. The molecular formula is C22H22NO2+. The molecule has 0 radical (unpaired) electrons. The molecule has 3 unspecified atom stereocenters. The van der Waals surface area contributed by atoms with Crippen LogP contribution in [0.3, 0.4) is 0 Å². The molecule has 0 saturated carbocycles. The van der Waals surface area contributed by atoms with Crippen LogP contribution in [-0.2, 0) is 10.3 Å². The highest BCUT2D eigenvalue weighted by Crippen LogP contribution is 2.57. The number of benzene rings is 1. The number of ether oxygens (including phenoxy) is 1. The van der Waals surface area contributed by atoms with Crippen molar-refractivity contribution in [3.8, 4) is 0 Å². The average molecular weight is 332 g/mol. The van der Waals surface area contributed by atoms with E-state index in [1.165, 1.54) is 22.4 Å². The van der Waals surface area contributed by atoms with Gasteiger partial charge in [0.25, 0.3) is 0 Å². The van der Waals surface area contributed by atoms with Crippen molar-refractivity contribution >= 4 is 0 Å². The van der Waals surface area contributed by atoms with Gasteiger partial charge in [0.05, 0.1) is 12.5 Å². The Labute approximate surface area is 147 Å². The van der Waals surface area contributed by atoms with Crippen molar-refractivity contribution in [1.29, 1.82) is 0 Å². The Morgan fingerprint density at radius 3 is 2.76 bits per heavy atom. The van der Waals surface area contributed by atoms with Gasteiger partial charge in [-0.3, -0.25) is 0 Å². The van der Waals surface area contributed by atoms with Crippen LogP contribution in [0, 0.1) is 6.92 Å². The SMILES string of the molecule is CCOC1(c2ccoc2)CC2c3ccccc3C1c1ccc(C)c[n+]12. The minimum Gasteiger partial charge on any atom is -0.472 e. The molecule has 6 rings (SSSR count). The van der Waals surface area contributed by atoms with Gasteiger partial charge in [0.2, 0.25) is 0 Å². The van der Waals surface area contributed by atoms with Crippen LogP contribution in [0.4, 0.5) is 0 Å². The largest absolute Gasteiger partial charge is 0.472 e. The smallest absolute Gasteiger partial charge is 0.192 e. The summed E-state index contributed by atoms with van der Waals surface area (Å²) in [5.74, 6) is 0.173. The summed E-state index contributed by atoms with van der Waals surface area (Å²) in [5.41, 5.74) is 6.21. The van der Waals surface area contributed by atoms with Gasteiger partial charge >= 0.3 is 0 Å². The number of aromatic nitrogens is 1. The molecule has 2 bridgehead atoms. The molecule has 25 heavy (non-hydrogen) atoms. The van der Waals surface area contributed by atoms with Gasteiger partial charge < -0.3 is 9.15 Å². The predicted molar refractivity (Wildman–Crippen MR) is 94.4 cm³/mol. The number of furan rings is 1. The molecule has 0 saturated heterocycles. The Morgan fingerprint density at radius 2 is 2.00 bits per heavy atom. The van der Waals surface area contributed by atoms with Gasteiger partial charge in [-0.25, -0.2) is 0 Å². The number of aryl methyl sites for hydroxylation is 1. The second-order valence-corrected chi connectivity index (χ2v) is 7.15. The van der Waals surface area contributed by atoms with Crippen molar-refractivity contribution in [3.63, 3.8) is 0 Å². The molecule has 0 N–H and O–H groups in total. The number of hydrogen-bond acceptors (Lipinski definition) is 2. The second kappa shape index (κ2) is 5.30. The molecule has 2 aromatic heterocycles. The summed E-state index contributed by atoms with van der Waals surface area (Å²) in [4.78, 5) is 0. The van der Waals surface area contributed by atoms with Crippen LogP contribution in [0.15, 0.2) is 65.6 Å². The first-order valence-corrected chi connectivity index (χ1v) is 9.02. The summed E-state index contributed by atoms with van der Waals surface area (Å²) >= 11 is 0. The van der Waals surface area contributed by atoms with E-state index in [1.54, 1.807) is 6.26 Å². The zero-order valence-electron chi connectivity index (χ0n) is 14.6. The molecule has 3 aliphatic rings. The molecule has 3 nitrogen and oxygen atoms in total. The third-order valence-corrected chi connectivity index (χ3v) is 5.83. The molecule has 2 aliphatic heterocycles. The van der Waals surface area contributed by atoms with E-state index in [9.17, 15) is 0 Å². The molecule has 0 spiro atoms. The van der Waals surface area contributed by atoms with Gasteiger partial charge in [-0.15, -0.1) is 0 Å². The van der Waals surface area contributed by atoms with Gasteiger partial charge in [0.15, 0.2) is 17.9 Å². The third-order valence-electron chi connectivity index (χ3n) is 5.83. The highest BCUT2D eigenvalue weighted by Gasteiger charge is 2.59. The van der Waals surface area contributed by atoms with Gasteiger partial charge in [0.1, 0.15) is 11.5 Å². The molecule has 0 amide bonds. The van der Waals surface area contributed by atoms with E-state index in [4.69, 9.17) is 9.15 Å². The van der Waals surface area contributed by atoms with Crippen LogP contribution in [0.2, 0.25) is 0 Å². The summed E-state index contributed by atoms with van der Waals surface area (Å²) in [6, 6.07) is 15.7. The standard InChI is InChI=1S/C22H22NO2/c1-3-25-22(16-10-11-24-14-16)12-20-17-6-4-5-7-18(17)21(22)19-9-8-15(2)13-23(19)20/h4-11,13-14,20-21H,3,12H2,1-2H3/q+1. The number of pyridine rings is 1. The van der Waals surface area contributed by atoms with Crippen molar-refractivity contribution < 1.29 is 13.7 Å². The summed E-state index contributed by atoms with van der Waals surface area (Å²) in [7, 11) is 0. The highest BCUT2D eigenvalue weighted by molar-refractivity contribution is 5.47. The monoisotopic (exact) mass is 332 g/mol. The highest BCUT2D eigenvalue weighted by atomic mass is 16.5. The maximum absolute atomic E-state index is 6.52. The molecule has 3 atom stereocenters. The fourth-order valence-corrected chi connectivity index (χ4v) is 4.92. The Balaban J connectivity index is 1.82. The van der Waals surface area contributed by atoms with E-state index < -0.39 is 0 Å². The average Bonchev–Trinajstić information content (AvgIpc) is 3.17. The van der Waals surface area contributed by atoms with E-state index in [-0.39, 0.29) is 17.6 Å². The van der Waals surface area contributed by atoms with Gasteiger partial charge in [-0.2, -0.15) is 4.57 Å². The van der Waals surface area contributed by atoms with E-state index in [0.29, 0.717) is 6.61 Å². The van der Waals surface area contributed by atoms with Gasteiger partial charge in [-0.1, -0.05) is 24.3 Å². The Bertz CT molecular complexity index is 931. The lowest BCUT2D eigenvalue weighted by Crippen LogP contribution is -2.60. The zero-order chi connectivity index (χ0) is 17.0. The van der Waals surface area contributed by atoms with Crippen molar-refractivity contribution in [3.05, 3.63) is 89.1 Å². The molecular weight excluding hydrogens is 310 g/mol. The maximum Gasteiger partial charge on any atom is 0.192 e. The van der Waals surface area contributed by atoms with Crippen LogP contribution in [0.5, 0.6) is 0 Å². The van der Waals surface area contributed by atoms with E-state index >= 15 is 0 Å². The van der Waals surface area contributed by atoms with E-state index in [2.05, 4.69) is 67.1 Å². The number of fused-ring (bicyclic) bond motifs is 1. The normalized spacial score (nSPS) is 26.3. The van der Waals surface area contributed by atoms with Crippen LogP contribution < -0.4 is 4.57 Å². The number of rotatable bonds is 3. The van der Waals surface area contributed by atoms with Crippen molar-refractivity contribution in [1.82, 2.24) is 0 Å². The summed E-state index contributed by atoms with van der Waals surface area (Å²) in [6.07, 6.45) is 6.84. The second-order valence-electron chi connectivity index (χ2n) is 7.15. The zero-order valence-corrected chi connectivity index (χ0v) is 14.6. The summed E-state index contributed by atoms with van der Waals surface area (Å²) in [6.45, 7) is 4.93. The topological polar surface area (TPSA) is 26.2 Å². The fraction of sp³-hybridized carbons (Fsp3) is 0.318. The molecule has 1 aromatic carbocycles. The summed E-state index contributed by atoms with van der Waals surface area (Å²) in [5, 5.41) is 0. The van der Waals surface area contributed by atoms with Crippen LogP contribution >= 0.6 is 0 Å². The Morgan fingerprint density at radius 1 is 1.16 bits per heavy atom. The van der Waals surface area contributed by atoms with Gasteiger partial charge in [0, 0.05) is 35.8 Å². The van der Waals surface area contributed by atoms with E-state index in [1.807, 2.05) is 6.26 Å². The molecule has 3 heteroatoms. The molecule has 0 fully saturated rings. The Kier molecular flexibility index (Phi) is 3.16. The quantitative estimate of drug-likeness (QED) is 0.670.